The van der Waals surface area contributed by atoms with Crippen molar-refractivity contribution in [3.63, 3.8) is 0 Å². The molecule has 2 rings (SSSR count). The number of halogens is 3. The Hall–Kier alpha value is -2.15. The molecule has 0 radical (unpaired) electrons. The summed E-state index contributed by atoms with van der Waals surface area (Å²) in [4.78, 5) is 4.19. The third kappa shape index (κ3) is 4.16. The Balaban J connectivity index is 2.03. The minimum Gasteiger partial charge on any atom is -0.388 e. The molecule has 0 aliphatic heterocycles. The van der Waals surface area contributed by atoms with Gasteiger partial charge in [0.25, 0.3) is 0 Å². The second kappa shape index (κ2) is 6.09. The van der Waals surface area contributed by atoms with Gasteiger partial charge in [0.05, 0.1) is 11.3 Å². The van der Waals surface area contributed by atoms with Crippen LogP contribution < -0.4 is 11.1 Å². The lowest BCUT2D eigenvalue weighted by Gasteiger charge is -2.10. The molecule has 0 atom stereocenters. The topological polar surface area (TPSA) is 50.9 Å². The number of alkyl halides is 3. The van der Waals surface area contributed by atoms with Gasteiger partial charge in [0.1, 0.15) is 4.99 Å². The lowest BCUT2D eigenvalue weighted by atomic mass is 10.1. The van der Waals surface area contributed by atoms with Gasteiger partial charge in [0.15, 0.2) is 0 Å². The zero-order chi connectivity index (χ0) is 15.5. The minimum atomic E-state index is -4.32. The first-order valence-electron chi connectivity index (χ1n) is 6.02. The summed E-state index contributed by atoms with van der Waals surface area (Å²) in [5.41, 5.74) is 6.79. The molecule has 0 amide bonds. The quantitative estimate of drug-likeness (QED) is 0.850. The first kappa shape index (κ1) is 15.2. The molecule has 0 fully saturated rings. The number of nitrogens with one attached hydrogen (secondary N) is 1. The van der Waals surface area contributed by atoms with E-state index >= 15 is 0 Å². The van der Waals surface area contributed by atoms with Gasteiger partial charge in [-0.05, 0) is 29.8 Å². The fourth-order valence-electron chi connectivity index (χ4n) is 1.69. The van der Waals surface area contributed by atoms with Crippen LogP contribution in [0.25, 0.3) is 0 Å². The fraction of sp³-hybridized carbons (Fsp3) is 0.143. The molecular weight excluding hydrogens is 299 g/mol. The summed E-state index contributed by atoms with van der Waals surface area (Å²) in [6.45, 7) is 0.388. The normalized spacial score (nSPS) is 11.2. The first-order valence-corrected chi connectivity index (χ1v) is 6.43. The van der Waals surface area contributed by atoms with Gasteiger partial charge in [-0.25, -0.2) is 0 Å². The summed E-state index contributed by atoms with van der Waals surface area (Å²) in [6.07, 6.45) is -2.76. The molecule has 2 aromatic rings. The van der Waals surface area contributed by atoms with Gasteiger partial charge in [-0.2, -0.15) is 13.2 Å². The molecule has 0 bridgehead atoms. The molecule has 3 N–H and O–H groups in total. The Bertz CT molecular complexity index is 639. The van der Waals surface area contributed by atoms with Crippen LogP contribution >= 0.6 is 12.2 Å². The number of hydrogen-bond acceptors (Lipinski definition) is 3. The molecule has 1 heterocycles. The van der Waals surface area contributed by atoms with Crippen LogP contribution in [-0.4, -0.2) is 9.97 Å². The number of benzene rings is 1. The van der Waals surface area contributed by atoms with Gasteiger partial charge in [-0.15, -0.1) is 0 Å². The zero-order valence-electron chi connectivity index (χ0n) is 10.8. The summed E-state index contributed by atoms with van der Waals surface area (Å²) < 4.78 is 37.3. The van der Waals surface area contributed by atoms with Gasteiger partial charge in [0, 0.05) is 18.4 Å². The van der Waals surface area contributed by atoms with E-state index in [1.807, 2.05) is 0 Å². The standard InChI is InChI=1S/C14H12F3N3S/c15-14(16,17)10-3-1-9(2-4-10)8-20-11-5-6-19-12(7-11)13(18)21/h1-7H,8H2,(H2,18,21)(H,19,20). The molecule has 0 saturated heterocycles. The van der Waals surface area contributed by atoms with E-state index < -0.39 is 11.7 Å². The minimum absolute atomic E-state index is 0.188. The van der Waals surface area contributed by atoms with Crippen molar-refractivity contribution >= 4 is 22.9 Å². The molecule has 0 unspecified atom stereocenters. The Kier molecular flexibility index (Phi) is 4.42. The first-order chi connectivity index (χ1) is 9.86. The maximum absolute atomic E-state index is 12.4. The van der Waals surface area contributed by atoms with E-state index in [9.17, 15) is 13.2 Å². The number of pyridine rings is 1. The van der Waals surface area contributed by atoms with Crippen molar-refractivity contribution in [1.82, 2.24) is 4.98 Å². The van der Waals surface area contributed by atoms with Gasteiger partial charge in [-0.3, -0.25) is 4.98 Å². The van der Waals surface area contributed by atoms with Crippen LogP contribution in [-0.2, 0) is 12.7 Å². The lowest BCUT2D eigenvalue weighted by molar-refractivity contribution is -0.137. The summed E-state index contributed by atoms with van der Waals surface area (Å²) >= 11 is 4.83. The largest absolute Gasteiger partial charge is 0.416 e. The van der Waals surface area contributed by atoms with E-state index in [1.165, 1.54) is 12.1 Å². The van der Waals surface area contributed by atoms with Crippen molar-refractivity contribution in [2.75, 3.05) is 5.32 Å². The molecular formula is C14H12F3N3S. The zero-order valence-corrected chi connectivity index (χ0v) is 11.6. The smallest absolute Gasteiger partial charge is 0.388 e. The van der Waals surface area contributed by atoms with Gasteiger partial charge < -0.3 is 11.1 Å². The second-order valence-electron chi connectivity index (χ2n) is 4.34. The third-order valence-electron chi connectivity index (χ3n) is 2.79. The molecule has 21 heavy (non-hydrogen) atoms. The second-order valence-corrected chi connectivity index (χ2v) is 4.78. The highest BCUT2D eigenvalue weighted by Crippen LogP contribution is 2.29. The SMILES string of the molecule is NC(=S)c1cc(NCc2ccc(C(F)(F)F)cc2)ccn1. The molecule has 110 valence electrons. The molecule has 0 aliphatic rings. The van der Waals surface area contributed by atoms with Crippen LogP contribution in [0.2, 0.25) is 0 Å². The molecule has 7 heteroatoms. The van der Waals surface area contributed by atoms with E-state index in [2.05, 4.69) is 10.3 Å². The maximum Gasteiger partial charge on any atom is 0.416 e. The molecule has 3 nitrogen and oxygen atoms in total. The Labute approximate surface area is 125 Å². The van der Waals surface area contributed by atoms with Gasteiger partial charge in [0.2, 0.25) is 0 Å². The van der Waals surface area contributed by atoms with Crippen LogP contribution in [0.15, 0.2) is 42.6 Å². The number of anilines is 1. The summed E-state index contributed by atoms with van der Waals surface area (Å²) in [5.74, 6) is 0. The predicted molar refractivity (Wildman–Crippen MR) is 78.9 cm³/mol. The number of hydrogen-bond donors (Lipinski definition) is 2. The number of thiocarbonyl (C=S) groups is 1. The fourth-order valence-corrected chi connectivity index (χ4v) is 1.80. The number of nitrogens with zero attached hydrogens (tertiary/aromatic N) is 1. The molecule has 0 saturated carbocycles. The van der Waals surface area contributed by atoms with Crippen molar-refractivity contribution in [3.05, 3.63) is 59.4 Å². The van der Waals surface area contributed by atoms with Crippen molar-refractivity contribution < 1.29 is 13.2 Å². The highest BCUT2D eigenvalue weighted by Gasteiger charge is 2.29. The van der Waals surface area contributed by atoms with Crippen molar-refractivity contribution in [2.45, 2.75) is 12.7 Å². The summed E-state index contributed by atoms with van der Waals surface area (Å²) in [5, 5.41) is 3.08. The summed E-state index contributed by atoms with van der Waals surface area (Å²) in [7, 11) is 0. The molecule has 1 aromatic carbocycles. The lowest BCUT2D eigenvalue weighted by Crippen LogP contribution is -2.12. The van der Waals surface area contributed by atoms with Crippen LogP contribution in [0.4, 0.5) is 18.9 Å². The monoisotopic (exact) mass is 311 g/mol. The highest BCUT2D eigenvalue weighted by molar-refractivity contribution is 7.80. The maximum atomic E-state index is 12.4. The van der Waals surface area contributed by atoms with Crippen molar-refractivity contribution in [1.29, 1.82) is 0 Å². The molecule has 0 spiro atoms. The number of aromatic nitrogens is 1. The summed E-state index contributed by atoms with van der Waals surface area (Å²) in [6, 6.07) is 8.41. The highest BCUT2D eigenvalue weighted by atomic mass is 32.1. The van der Waals surface area contributed by atoms with E-state index in [4.69, 9.17) is 18.0 Å². The van der Waals surface area contributed by atoms with Crippen LogP contribution in [0.5, 0.6) is 0 Å². The average Bonchev–Trinajstić information content (AvgIpc) is 2.45. The van der Waals surface area contributed by atoms with Crippen LogP contribution in [0, 0.1) is 0 Å². The van der Waals surface area contributed by atoms with Crippen molar-refractivity contribution in [3.8, 4) is 0 Å². The molecule has 0 aliphatic carbocycles. The van der Waals surface area contributed by atoms with Crippen LogP contribution in [0.1, 0.15) is 16.8 Å². The van der Waals surface area contributed by atoms with Crippen LogP contribution in [0.3, 0.4) is 0 Å². The van der Waals surface area contributed by atoms with Crippen molar-refractivity contribution in [2.24, 2.45) is 5.73 Å². The Morgan fingerprint density at radius 3 is 2.43 bits per heavy atom. The average molecular weight is 311 g/mol. The number of nitrogens with two attached hydrogens (primary N) is 1. The molecule has 1 aromatic heterocycles. The van der Waals surface area contributed by atoms with E-state index in [0.29, 0.717) is 12.2 Å². The third-order valence-corrected chi connectivity index (χ3v) is 3.00. The predicted octanol–water partition coefficient (Wildman–Crippen LogP) is 3.35. The van der Waals surface area contributed by atoms with E-state index in [0.717, 1.165) is 23.4 Å². The van der Waals surface area contributed by atoms with E-state index in [-0.39, 0.29) is 4.99 Å². The Morgan fingerprint density at radius 2 is 1.86 bits per heavy atom. The van der Waals surface area contributed by atoms with Gasteiger partial charge in [-0.1, -0.05) is 24.4 Å². The van der Waals surface area contributed by atoms with Gasteiger partial charge >= 0.3 is 6.18 Å². The Morgan fingerprint density at radius 1 is 1.19 bits per heavy atom. The number of rotatable bonds is 4. The van der Waals surface area contributed by atoms with E-state index in [1.54, 1.807) is 18.3 Å².